The monoisotopic (exact) mass is 294 g/mol. The highest BCUT2D eigenvalue weighted by Gasteiger charge is 2.34. The Morgan fingerprint density at radius 1 is 1.15 bits per heavy atom. The number of piperidine rings is 1. The van der Waals surface area contributed by atoms with E-state index in [9.17, 15) is 13.2 Å². The van der Waals surface area contributed by atoms with E-state index in [0.717, 1.165) is 25.8 Å². The fourth-order valence-electron chi connectivity index (χ4n) is 3.61. The van der Waals surface area contributed by atoms with Gasteiger partial charge >= 0.3 is 6.18 Å². The summed E-state index contributed by atoms with van der Waals surface area (Å²) >= 11 is 0. The van der Waals surface area contributed by atoms with Crippen LogP contribution in [-0.4, -0.2) is 54.5 Å². The summed E-state index contributed by atoms with van der Waals surface area (Å²) in [6, 6.07) is 0.425. The largest absolute Gasteiger partial charge is 0.401 e. The molecule has 0 bridgehead atoms. The molecule has 1 aliphatic carbocycles. The fraction of sp³-hybridized carbons (Fsp3) is 1.00. The van der Waals surface area contributed by atoms with Crippen LogP contribution >= 0.6 is 0 Å². The van der Waals surface area contributed by atoms with Gasteiger partial charge in [0.2, 0.25) is 0 Å². The molecule has 0 radical (unpaired) electrons. The number of alkyl halides is 3. The van der Waals surface area contributed by atoms with Gasteiger partial charge in [-0.15, -0.1) is 0 Å². The Balaban J connectivity index is 1.89. The summed E-state index contributed by atoms with van der Waals surface area (Å²) in [4.78, 5) is 2.35. The number of halogens is 3. The van der Waals surface area contributed by atoms with Crippen molar-refractivity contribution in [2.45, 2.75) is 56.8 Å². The van der Waals surface area contributed by atoms with Crippen LogP contribution in [-0.2, 0) is 0 Å². The lowest BCUT2D eigenvalue weighted by atomic mass is 9.90. The molecule has 2 atom stereocenters. The third-order valence-electron chi connectivity index (χ3n) is 4.54. The lowest BCUT2D eigenvalue weighted by Gasteiger charge is -2.41. The Kier molecular flexibility index (Phi) is 5.69. The second kappa shape index (κ2) is 7.09. The number of aliphatic hydroxyl groups is 1. The maximum Gasteiger partial charge on any atom is 0.401 e. The van der Waals surface area contributed by atoms with E-state index in [-0.39, 0.29) is 12.6 Å². The van der Waals surface area contributed by atoms with Gasteiger partial charge in [0.1, 0.15) is 0 Å². The van der Waals surface area contributed by atoms with E-state index >= 15 is 0 Å². The molecule has 6 heteroatoms. The van der Waals surface area contributed by atoms with Crippen LogP contribution in [0.2, 0.25) is 0 Å². The molecule has 2 unspecified atom stereocenters. The van der Waals surface area contributed by atoms with E-state index in [1.807, 2.05) is 0 Å². The Morgan fingerprint density at radius 3 is 2.45 bits per heavy atom. The van der Waals surface area contributed by atoms with Gasteiger partial charge < -0.3 is 10.4 Å². The van der Waals surface area contributed by atoms with Crippen molar-refractivity contribution in [3.05, 3.63) is 0 Å². The van der Waals surface area contributed by atoms with Gasteiger partial charge in [0.15, 0.2) is 0 Å². The zero-order valence-electron chi connectivity index (χ0n) is 11.8. The highest BCUT2D eigenvalue weighted by molar-refractivity contribution is 4.89. The SMILES string of the molecule is OCCC1CC(NCC(F)(F)F)CN(C2CCCC2)C1. The van der Waals surface area contributed by atoms with Crippen molar-refractivity contribution in [3.63, 3.8) is 0 Å². The molecule has 20 heavy (non-hydrogen) atoms. The van der Waals surface area contributed by atoms with E-state index in [4.69, 9.17) is 5.11 Å². The number of likely N-dealkylation sites (tertiary alicyclic amines) is 1. The maximum atomic E-state index is 12.3. The molecule has 1 heterocycles. The van der Waals surface area contributed by atoms with Crippen molar-refractivity contribution in [1.29, 1.82) is 0 Å². The van der Waals surface area contributed by atoms with Crippen LogP contribution < -0.4 is 5.32 Å². The van der Waals surface area contributed by atoms with Crippen molar-refractivity contribution in [3.8, 4) is 0 Å². The molecule has 0 spiro atoms. The molecule has 0 aromatic carbocycles. The zero-order valence-corrected chi connectivity index (χ0v) is 11.8. The molecular formula is C14H25F3N2O. The molecule has 118 valence electrons. The Bertz CT molecular complexity index is 293. The van der Waals surface area contributed by atoms with Crippen molar-refractivity contribution in [2.24, 2.45) is 5.92 Å². The minimum absolute atomic E-state index is 0.109. The first-order valence-electron chi connectivity index (χ1n) is 7.63. The van der Waals surface area contributed by atoms with Gasteiger partial charge in [-0.05, 0) is 31.6 Å². The smallest absolute Gasteiger partial charge is 0.396 e. The van der Waals surface area contributed by atoms with Gasteiger partial charge in [0.05, 0.1) is 6.54 Å². The first-order valence-corrected chi connectivity index (χ1v) is 7.63. The Hall–Kier alpha value is -0.330. The highest BCUT2D eigenvalue weighted by atomic mass is 19.4. The van der Waals surface area contributed by atoms with Crippen LogP contribution in [0.4, 0.5) is 13.2 Å². The third-order valence-corrected chi connectivity index (χ3v) is 4.54. The first-order chi connectivity index (χ1) is 9.48. The summed E-state index contributed by atoms with van der Waals surface area (Å²) in [6.07, 6.45) is 2.06. The predicted octanol–water partition coefficient (Wildman–Crippen LogP) is 2.15. The second-order valence-corrected chi connectivity index (χ2v) is 6.20. The number of rotatable bonds is 5. The summed E-state index contributed by atoms with van der Waals surface area (Å²) in [6.45, 7) is 0.843. The quantitative estimate of drug-likeness (QED) is 0.815. The number of nitrogens with zero attached hydrogens (tertiary/aromatic N) is 1. The summed E-state index contributed by atoms with van der Waals surface area (Å²) in [7, 11) is 0. The first kappa shape index (κ1) is 16.0. The number of hydrogen-bond acceptors (Lipinski definition) is 3. The molecule has 1 aliphatic heterocycles. The van der Waals surface area contributed by atoms with Crippen LogP contribution in [0, 0.1) is 5.92 Å². The molecule has 2 fully saturated rings. The van der Waals surface area contributed by atoms with E-state index in [2.05, 4.69) is 10.2 Å². The molecule has 2 rings (SSSR count). The standard InChI is InChI=1S/C14H25F3N2O/c15-14(16,17)10-18-12-7-11(5-6-20)8-19(9-12)13-3-1-2-4-13/h11-13,18,20H,1-10H2. The summed E-state index contributed by atoms with van der Waals surface area (Å²) in [5, 5.41) is 11.8. The molecular weight excluding hydrogens is 269 g/mol. The molecule has 3 nitrogen and oxygen atoms in total. The topological polar surface area (TPSA) is 35.5 Å². The van der Waals surface area contributed by atoms with Crippen molar-refractivity contribution >= 4 is 0 Å². The lowest BCUT2D eigenvalue weighted by molar-refractivity contribution is -0.127. The molecule has 1 saturated carbocycles. The zero-order chi connectivity index (χ0) is 14.6. The van der Waals surface area contributed by atoms with Crippen LogP contribution in [0.25, 0.3) is 0 Å². The summed E-state index contributed by atoms with van der Waals surface area (Å²) < 4.78 is 37.0. The fourth-order valence-corrected chi connectivity index (χ4v) is 3.61. The van der Waals surface area contributed by atoms with E-state index < -0.39 is 12.7 Å². The Morgan fingerprint density at radius 2 is 1.85 bits per heavy atom. The molecule has 1 saturated heterocycles. The highest BCUT2D eigenvalue weighted by Crippen LogP contribution is 2.29. The minimum Gasteiger partial charge on any atom is -0.396 e. The van der Waals surface area contributed by atoms with Gasteiger partial charge in [-0.25, -0.2) is 0 Å². The molecule has 0 aromatic heterocycles. The molecule has 2 N–H and O–H groups in total. The maximum absolute atomic E-state index is 12.3. The van der Waals surface area contributed by atoms with Crippen molar-refractivity contribution in [1.82, 2.24) is 10.2 Å². The minimum atomic E-state index is -4.15. The second-order valence-electron chi connectivity index (χ2n) is 6.20. The predicted molar refractivity (Wildman–Crippen MR) is 71.5 cm³/mol. The van der Waals surface area contributed by atoms with Gasteiger partial charge in [-0.3, -0.25) is 4.90 Å². The molecule has 0 aromatic rings. The average molecular weight is 294 g/mol. The van der Waals surface area contributed by atoms with Gasteiger partial charge in [-0.2, -0.15) is 13.2 Å². The van der Waals surface area contributed by atoms with E-state index in [1.54, 1.807) is 0 Å². The van der Waals surface area contributed by atoms with E-state index in [0.29, 0.717) is 24.9 Å². The van der Waals surface area contributed by atoms with Crippen LogP contribution in [0.5, 0.6) is 0 Å². The summed E-state index contributed by atoms with van der Waals surface area (Å²) in [5.41, 5.74) is 0. The number of aliphatic hydroxyl groups excluding tert-OH is 1. The van der Waals surface area contributed by atoms with Crippen molar-refractivity contribution in [2.75, 3.05) is 26.2 Å². The average Bonchev–Trinajstić information content (AvgIpc) is 2.89. The van der Waals surface area contributed by atoms with Gasteiger partial charge in [-0.1, -0.05) is 12.8 Å². The lowest BCUT2D eigenvalue weighted by Crippen LogP contribution is -2.53. The van der Waals surface area contributed by atoms with Crippen molar-refractivity contribution < 1.29 is 18.3 Å². The van der Waals surface area contributed by atoms with Crippen LogP contribution in [0.1, 0.15) is 38.5 Å². The number of hydrogen-bond donors (Lipinski definition) is 2. The summed E-state index contributed by atoms with van der Waals surface area (Å²) in [5.74, 6) is 0.306. The van der Waals surface area contributed by atoms with Gasteiger partial charge in [0, 0.05) is 31.8 Å². The third kappa shape index (κ3) is 4.90. The number of nitrogens with one attached hydrogen (secondary N) is 1. The van der Waals surface area contributed by atoms with Crippen LogP contribution in [0.3, 0.4) is 0 Å². The molecule has 2 aliphatic rings. The van der Waals surface area contributed by atoms with E-state index in [1.165, 1.54) is 12.8 Å². The van der Waals surface area contributed by atoms with Crippen LogP contribution in [0.15, 0.2) is 0 Å². The molecule has 0 amide bonds. The normalized spacial score (nSPS) is 30.0. The van der Waals surface area contributed by atoms with Gasteiger partial charge in [0.25, 0.3) is 0 Å². The Labute approximate surface area is 118 Å².